The van der Waals surface area contributed by atoms with Crippen molar-refractivity contribution >= 4 is 49.4 Å². The minimum atomic E-state index is -1.16. The second kappa shape index (κ2) is 13.0. The van der Waals surface area contributed by atoms with Crippen LogP contribution in [0.3, 0.4) is 0 Å². The van der Waals surface area contributed by atoms with Gasteiger partial charge >= 0.3 is 0 Å². The number of carbonyl (C=O) groups is 2. The number of aliphatic hydroxyl groups excluding tert-OH is 1. The van der Waals surface area contributed by atoms with Gasteiger partial charge in [0.05, 0.1) is 18.2 Å². The number of halogens is 2. The molecule has 1 spiro atoms. The highest BCUT2D eigenvalue weighted by molar-refractivity contribution is 9.10. The monoisotopic (exact) mass is 757 g/mol. The highest BCUT2D eigenvalue weighted by Gasteiger charge is 2.70. The fourth-order valence-electron chi connectivity index (χ4n) is 7.92. The molecule has 0 aliphatic carbocycles. The number of fused-ring (bicyclic) bond motifs is 2. The largest absolute Gasteiger partial charge is 0.386 e. The molecular formula is C39H41Br2N3O3. The molecule has 0 saturated carbocycles. The summed E-state index contributed by atoms with van der Waals surface area (Å²) in [4.78, 5) is 33.8. The summed E-state index contributed by atoms with van der Waals surface area (Å²) in [5.41, 5.74) is 2.69. The van der Waals surface area contributed by atoms with E-state index in [0.717, 1.165) is 36.9 Å². The maximum atomic E-state index is 15.1. The number of aliphatic hydroxyl groups is 1. The summed E-state index contributed by atoms with van der Waals surface area (Å²) in [6.45, 7) is 6.53. The predicted molar refractivity (Wildman–Crippen MR) is 194 cm³/mol. The molecule has 2 aliphatic rings. The van der Waals surface area contributed by atoms with E-state index in [1.54, 1.807) is 19.0 Å². The number of nitrogens with one attached hydrogen (secondary N) is 1. The first-order chi connectivity index (χ1) is 22.3. The molecule has 0 aromatic heterocycles. The lowest BCUT2D eigenvalue weighted by Gasteiger charge is -2.44. The Labute approximate surface area is 294 Å². The van der Waals surface area contributed by atoms with Crippen molar-refractivity contribution in [2.75, 3.05) is 19.4 Å². The number of amides is 2. The summed E-state index contributed by atoms with van der Waals surface area (Å²) in [5, 5.41) is 15.8. The molecule has 2 heterocycles. The lowest BCUT2D eigenvalue weighted by molar-refractivity contribution is -0.137. The molecule has 2 N–H and O–H groups in total. The van der Waals surface area contributed by atoms with E-state index in [1.165, 1.54) is 0 Å². The Hall–Kier alpha value is -3.30. The van der Waals surface area contributed by atoms with E-state index in [-0.39, 0.29) is 17.2 Å². The lowest BCUT2D eigenvalue weighted by atomic mass is 9.62. The van der Waals surface area contributed by atoms with Gasteiger partial charge in [-0.3, -0.25) is 14.5 Å². The first-order valence-electron chi connectivity index (χ1n) is 16.0. The van der Waals surface area contributed by atoms with Crippen LogP contribution >= 0.6 is 31.9 Å². The van der Waals surface area contributed by atoms with Crippen LogP contribution in [0.25, 0.3) is 0 Å². The van der Waals surface area contributed by atoms with E-state index in [2.05, 4.69) is 62.8 Å². The maximum absolute atomic E-state index is 15.1. The number of anilines is 1. The van der Waals surface area contributed by atoms with Crippen molar-refractivity contribution in [1.29, 1.82) is 0 Å². The van der Waals surface area contributed by atoms with Crippen molar-refractivity contribution in [3.63, 3.8) is 0 Å². The molecule has 1 fully saturated rings. The molecule has 6 atom stereocenters. The smallest absolute Gasteiger partial charge is 0.240 e. The summed E-state index contributed by atoms with van der Waals surface area (Å²) in [6, 6.07) is 31.6. The van der Waals surface area contributed by atoms with Crippen molar-refractivity contribution in [2.45, 2.75) is 62.8 Å². The van der Waals surface area contributed by atoms with E-state index in [9.17, 15) is 9.90 Å². The number of benzene rings is 4. The Morgan fingerprint density at radius 2 is 1.51 bits per heavy atom. The fraction of sp³-hybridized carbons (Fsp3) is 0.333. The van der Waals surface area contributed by atoms with Gasteiger partial charge in [-0.15, -0.1) is 0 Å². The lowest BCUT2D eigenvalue weighted by Crippen LogP contribution is -2.53. The van der Waals surface area contributed by atoms with Crippen LogP contribution in [0.15, 0.2) is 112 Å². The second-order valence-corrected chi connectivity index (χ2v) is 16.0. The Morgan fingerprint density at radius 3 is 2.11 bits per heavy atom. The van der Waals surface area contributed by atoms with Crippen molar-refractivity contribution in [3.8, 4) is 0 Å². The van der Waals surface area contributed by atoms with Crippen molar-refractivity contribution in [2.24, 2.45) is 5.41 Å². The molecule has 4 aromatic carbocycles. The van der Waals surface area contributed by atoms with Crippen LogP contribution in [0.1, 0.15) is 67.5 Å². The van der Waals surface area contributed by atoms with Crippen LogP contribution in [0.4, 0.5) is 5.69 Å². The predicted octanol–water partition coefficient (Wildman–Crippen LogP) is 8.24. The highest BCUT2D eigenvalue weighted by atomic mass is 79.9. The third-order valence-corrected chi connectivity index (χ3v) is 10.7. The van der Waals surface area contributed by atoms with Crippen molar-refractivity contribution in [1.82, 2.24) is 9.80 Å². The van der Waals surface area contributed by atoms with Gasteiger partial charge in [-0.1, -0.05) is 131 Å². The molecule has 47 heavy (non-hydrogen) atoms. The zero-order valence-corrected chi connectivity index (χ0v) is 30.5. The normalized spacial score (nSPS) is 23.7. The summed E-state index contributed by atoms with van der Waals surface area (Å²) in [6.07, 6.45) is -0.409. The van der Waals surface area contributed by atoms with Crippen LogP contribution in [-0.2, 0) is 15.0 Å². The minimum absolute atomic E-state index is 0.120. The van der Waals surface area contributed by atoms with E-state index in [1.807, 2.05) is 103 Å². The molecule has 244 valence electrons. The molecule has 6 rings (SSSR count). The van der Waals surface area contributed by atoms with Gasteiger partial charge in [-0.2, -0.15) is 0 Å². The Balaban J connectivity index is 1.74. The van der Waals surface area contributed by atoms with Crippen LogP contribution in [0, 0.1) is 5.41 Å². The summed E-state index contributed by atoms with van der Waals surface area (Å²) < 4.78 is 1.72. The molecule has 6 unspecified atom stereocenters. The molecule has 8 heteroatoms. The average Bonchev–Trinajstić information content (AvgIpc) is 3.47. The van der Waals surface area contributed by atoms with Crippen molar-refractivity contribution in [3.05, 3.63) is 134 Å². The Bertz CT molecular complexity index is 1780. The first kappa shape index (κ1) is 33.6. The molecule has 0 radical (unpaired) electrons. The molecule has 2 amide bonds. The quantitative estimate of drug-likeness (QED) is 0.199. The minimum Gasteiger partial charge on any atom is -0.386 e. The van der Waals surface area contributed by atoms with Crippen LogP contribution in [0.5, 0.6) is 0 Å². The van der Waals surface area contributed by atoms with Crippen LogP contribution in [0.2, 0.25) is 0 Å². The number of likely N-dealkylation sites (tertiary alicyclic amines) is 1. The van der Waals surface area contributed by atoms with Gasteiger partial charge in [0, 0.05) is 40.7 Å². The molecule has 1 saturated heterocycles. The third kappa shape index (κ3) is 5.99. The number of hydrogen-bond acceptors (Lipinski definition) is 4. The van der Waals surface area contributed by atoms with Gasteiger partial charge in [0.25, 0.3) is 0 Å². The molecule has 6 nitrogen and oxygen atoms in total. The first-order valence-corrected chi connectivity index (χ1v) is 17.6. The van der Waals surface area contributed by atoms with E-state index in [0.29, 0.717) is 6.42 Å². The standard InChI is InChI=1S/C39H41Br2N3O3/c1-38(2,3)23-31-39(29-20-19-28(41)22-30(29)42-37(39)47)32(26-17-12-18-27(40)21-26)34(36(46)43(4)5)44(31)33(24-13-8-6-9-14-24)35(45)25-15-10-7-11-16-25/h6-22,31-35,45H,23H2,1-5H3,(H,42,47). The number of nitrogens with zero attached hydrogens (tertiary/aromatic N) is 2. The Morgan fingerprint density at radius 1 is 0.894 bits per heavy atom. The van der Waals surface area contributed by atoms with Gasteiger partial charge in [0.2, 0.25) is 11.8 Å². The number of hydrogen-bond donors (Lipinski definition) is 2. The third-order valence-electron chi connectivity index (χ3n) is 9.67. The van der Waals surface area contributed by atoms with Crippen LogP contribution < -0.4 is 5.32 Å². The number of rotatable bonds is 7. The van der Waals surface area contributed by atoms with Gasteiger partial charge in [-0.25, -0.2) is 0 Å². The maximum Gasteiger partial charge on any atom is 0.240 e. The zero-order chi connectivity index (χ0) is 33.7. The number of likely N-dealkylation sites (N-methyl/N-ethyl adjacent to an activating group) is 1. The molecule has 4 aromatic rings. The number of carbonyl (C=O) groups excluding carboxylic acids is 2. The summed E-state index contributed by atoms with van der Waals surface area (Å²) in [7, 11) is 3.54. The second-order valence-electron chi connectivity index (χ2n) is 14.2. The molecular weight excluding hydrogens is 718 g/mol. The fourth-order valence-corrected chi connectivity index (χ4v) is 8.70. The van der Waals surface area contributed by atoms with E-state index < -0.39 is 35.6 Å². The SMILES string of the molecule is CN(C)C(=O)C1C(c2cccc(Br)c2)C2(C(=O)Nc3cc(Br)ccc32)C(CC(C)(C)C)N1C(c1ccccc1)C(O)c1ccccc1. The summed E-state index contributed by atoms with van der Waals surface area (Å²) in [5.74, 6) is -0.839. The van der Waals surface area contributed by atoms with Gasteiger partial charge in [0.15, 0.2) is 0 Å². The van der Waals surface area contributed by atoms with Gasteiger partial charge in [0.1, 0.15) is 5.41 Å². The molecule has 0 bridgehead atoms. The average molecular weight is 760 g/mol. The molecule has 2 aliphatic heterocycles. The highest BCUT2D eigenvalue weighted by Crippen LogP contribution is 2.62. The van der Waals surface area contributed by atoms with Crippen molar-refractivity contribution < 1.29 is 14.7 Å². The van der Waals surface area contributed by atoms with Gasteiger partial charge in [-0.05, 0) is 58.4 Å². The van der Waals surface area contributed by atoms with Crippen LogP contribution in [-0.4, -0.2) is 52.9 Å². The van der Waals surface area contributed by atoms with Gasteiger partial charge < -0.3 is 15.3 Å². The Kier molecular flexibility index (Phi) is 9.26. The van der Waals surface area contributed by atoms with E-state index >= 15 is 4.79 Å². The van der Waals surface area contributed by atoms with E-state index in [4.69, 9.17) is 0 Å². The topological polar surface area (TPSA) is 72.9 Å². The zero-order valence-electron chi connectivity index (χ0n) is 27.3. The summed E-state index contributed by atoms with van der Waals surface area (Å²) >= 11 is 7.31.